The second kappa shape index (κ2) is 6.91. The molecule has 1 saturated heterocycles. The minimum atomic E-state index is -0.300. The Hall–Kier alpha value is -2.80. The van der Waals surface area contributed by atoms with Crippen molar-refractivity contribution in [3.63, 3.8) is 0 Å². The number of nitrogens with zero attached hydrogens (tertiary/aromatic N) is 4. The van der Waals surface area contributed by atoms with Crippen LogP contribution in [0, 0.1) is 12.7 Å². The lowest BCUT2D eigenvalue weighted by Crippen LogP contribution is -2.33. The molecule has 4 heterocycles. The molecule has 2 aromatic heterocycles. The SMILES string of the molecule is Cc1c(C(=O)N2CCC[C@H]2c2ncc3c(n2)CCN(C)C3)[nH]c2ccc(F)cc12. The summed E-state index contributed by atoms with van der Waals surface area (Å²) in [5, 5.41) is 0.748. The number of likely N-dealkylation sites (tertiary alicyclic amines) is 1. The third kappa shape index (κ3) is 3.09. The van der Waals surface area contributed by atoms with Crippen molar-refractivity contribution in [1.82, 2.24) is 24.8 Å². The van der Waals surface area contributed by atoms with Crippen molar-refractivity contribution < 1.29 is 9.18 Å². The van der Waals surface area contributed by atoms with Crippen LogP contribution in [-0.4, -0.2) is 50.8 Å². The molecule has 0 spiro atoms. The Morgan fingerprint density at radius 2 is 2.17 bits per heavy atom. The summed E-state index contributed by atoms with van der Waals surface area (Å²) in [7, 11) is 2.10. The summed E-state index contributed by atoms with van der Waals surface area (Å²) < 4.78 is 13.6. The van der Waals surface area contributed by atoms with Crippen LogP contribution < -0.4 is 0 Å². The summed E-state index contributed by atoms with van der Waals surface area (Å²) in [4.78, 5) is 30.2. The van der Waals surface area contributed by atoms with E-state index in [2.05, 4.69) is 21.9 Å². The number of fused-ring (bicyclic) bond motifs is 2. The third-order valence-corrected chi connectivity index (χ3v) is 6.19. The van der Waals surface area contributed by atoms with E-state index in [0.717, 1.165) is 60.3 Å². The van der Waals surface area contributed by atoms with Gasteiger partial charge in [-0.15, -0.1) is 0 Å². The topological polar surface area (TPSA) is 65.1 Å². The van der Waals surface area contributed by atoms with Crippen LogP contribution in [0.1, 0.15) is 52.0 Å². The molecule has 0 radical (unpaired) electrons. The molecule has 2 aliphatic heterocycles. The fourth-order valence-electron chi connectivity index (χ4n) is 4.57. The first-order valence-corrected chi connectivity index (χ1v) is 10.1. The van der Waals surface area contributed by atoms with Crippen LogP contribution in [0.2, 0.25) is 0 Å². The van der Waals surface area contributed by atoms with Gasteiger partial charge in [0.2, 0.25) is 0 Å². The molecule has 5 rings (SSSR count). The number of aromatic nitrogens is 3. The maximum atomic E-state index is 13.6. The van der Waals surface area contributed by atoms with Crippen molar-refractivity contribution in [1.29, 1.82) is 0 Å². The molecule has 6 nitrogen and oxygen atoms in total. The number of halogens is 1. The second-order valence-electron chi connectivity index (χ2n) is 8.16. The molecule has 3 aromatic rings. The zero-order valence-electron chi connectivity index (χ0n) is 16.7. The third-order valence-electron chi connectivity index (χ3n) is 6.19. The van der Waals surface area contributed by atoms with Gasteiger partial charge in [0.05, 0.1) is 6.04 Å². The van der Waals surface area contributed by atoms with Gasteiger partial charge in [-0.05, 0) is 50.6 Å². The molecule has 1 amide bonds. The minimum Gasteiger partial charge on any atom is -0.350 e. The smallest absolute Gasteiger partial charge is 0.271 e. The zero-order valence-corrected chi connectivity index (χ0v) is 16.7. The molecule has 1 atom stereocenters. The van der Waals surface area contributed by atoms with E-state index >= 15 is 0 Å². The van der Waals surface area contributed by atoms with Crippen molar-refractivity contribution >= 4 is 16.8 Å². The molecule has 0 bridgehead atoms. The summed E-state index contributed by atoms with van der Waals surface area (Å²) in [5.41, 5.74) is 4.36. The Labute approximate surface area is 168 Å². The van der Waals surface area contributed by atoms with Crippen LogP contribution in [0.15, 0.2) is 24.4 Å². The van der Waals surface area contributed by atoms with Gasteiger partial charge in [-0.3, -0.25) is 4.79 Å². The van der Waals surface area contributed by atoms with Crippen LogP contribution in [-0.2, 0) is 13.0 Å². The van der Waals surface area contributed by atoms with Gasteiger partial charge in [-0.25, -0.2) is 14.4 Å². The number of H-pyrrole nitrogens is 1. The van der Waals surface area contributed by atoms with Gasteiger partial charge < -0.3 is 14.8 Å². The van der Waals surface area contributed by atoms with E-state index < -0.39 is 0 Å². The second-order valence-corrected chi connectivity index (χ2v) is 8.16. The molecule has 0 unspecified atom stereocenters. The maximum absolute atomic E-state index is 13.6. The average molecular weight is 393 g/mol. The van der Waals surface area contributed by atoms with E-state index in [9.17, 15) is 9.18 Å². The molecule has 1 N–H and O–H groups in total. The highest BCUT2D eigenvalue weighted by atomic mass is 19.1. The monoisotopic (exact) mass is 393 g/mol. The van der Waals surface area contributed by atoms with Crippen LogP contribution in [0.4, 0.5) is 4.39 Å². The number of hydrogen-bond donors (Lipinski definition) is 1. The molecule has 0 aliphatic carbocycles. The highest BCUT2D eigenvalue weighted by Gasteiger charge is 2.34. The number of nitrogens with one attached hydrogen (secondary N) is 1. The van der Waals surface area contributed by atoms with E-state index in [1.165, 1.54) is 17.7 Å². The Morgan fingerprint density at radius 1 is 1.31 bits per heavy atom. The number of likely N-dealkylation sites (N-methyl/N-ethyl adjacent to an activating group) is 1. The Bertz CT molecular complexity index is 1110. The van der Waals surface area contributed by atoms with Gasteiger partial charge >= 0.3 is 0 Å². The number of aryl methyl sites for hydroxylation is 1. The number of carbonyl (C=O) groups excluding carboxylic acids is 1. The Kier molecular flexibility index (Phi) is 4.35. The van der Waals surface area contributed by atoms with Crippen LogP contribution in [0.3, 0.4) is 0 Å². The van der Waals surface area contributed by atoms with Crippen molar-refractivity contribution in [3.8, 4) is 0 Å². The van der Waals surface area contributed by atoms with Gasteiger partial charge in [0.1, 0.15) is 11.5 Å². The molecule has 1 aromatic carbocycles. The summed E-state index contributed by atoms with van der Waals surface area (Å²) in [5.74, 6) is 0.368. The normalized spacial score (nSPS) is 19.7. The Balaban J connectivity index is 1.47. The quantitative estimate of drug-likeness (QED) is 0.725. The van der Waals surface area contributed by atoms with Crippen LogP contribution >= 0.6 is 0 Å². The first kappa shape index (κ1) is 18.2. The van der Waals surface area contributed by atoms with E-state index in [1.54, 1.807) is 6.07 Å². The minimum absolute atomic E-state index is 0.0670. The first-order valence-electron chi connectivity index (χ1n) is 10.1. The summed E-state index contributed by atoms with van der Waals surface area (Å²) in [6.45, 7) is 4.40. The first-order chi connectivity index (χ1) is 14.0. The fraction of sp³-hybridized carbons (Fsp3) is 0.409. The van der Waals surface area contributed by atoms with Crippen molar-refractivity contribution in [2.75, 3.05) is 20.1 Å². The van der Waals surface area contributed by atoms with Crippen molar-refractivity contribution in [3.05, 3.63) is 58.6 Å². The van der Waals surface area contributed by atoms with E-state index in [0.29, 0.717) is 12.2 Å². The fourth-order valence-corrected chi connectivity index (χ4v) is 4.57. The molecule has 7 heteroatoms. The molecule has 2 aliphatic rings. The molecule has 150 valence electrons. The number of aromatic amines is 1. The lowest BCUT2D eigenvalue weighted by Gasteiger charge is -2.27. The van der Waals surface area contributed by atoms with Gasteiger partial charge in [0.25, 0.3) is 5.91 Å². The molecule has 29 heavy (non-hydrogen) atoms. The number of rotatable bonds is 2. The number of amides is 1. The Morgan fingerprint density at radius 3 is 3.03 bits per heavy atom. The average Bonchev–Trinajstić information content (AvgIpc) is 3.32. The van der Waals surface area contributed by atoms with Gasteiger partial charge in [0.15, 0.2) is 5.82 Å². The van der Waals surface area contributed by atoms with Crippen LogP contribution in [0.25, 0.3) is 10.9 Å². The van der Waals surface area contributed by atoms with E-state index in [4.69, 9.17) is 4.98 Å². The van der Waals surface area contributed by atoms with Gasteiger partial charge in [-0.2, -0.15) is 0 Å². The maximum Gasteiger partial charge on any atom is 0.271 e. The van der Waals surface area contributed by atoms with Crippen LogP contribution in [0.5, 0.6) is 0 Å². The number of hydrogen-bond acceptors (Lipinski definition) is 4. The highest BCUT2D eigenvalue weighted by molar-refractivity contribution is 6.01. The number of benzene rings is 1. The van der Waals surface area contributed by atoms with Crippen molar-refractivity contribution in [2.24, 2.45) is 0 Å². The summed E-state index contributed by atoms with van der Waals surface area (Å²) in [6, 6.07) is 4.45. The molecular weight excluding hydrogens is 369 g/mol. The standard InChI is InChI=1S/C22H24FN5O/c1-13-16-10-15(23)5-6-18(16)25-20(13)22(29)28-8-3-4-19(28)21-24-11-14-12-27(2)9-7-17(14)26-21/h5-6,10-11,19,25H,3-4,7-9,12H2,1-2H3/t19-/m0/s1. The predicted molar refractivity (Wildman–Crippen MR) is 108 cm³/mol. The largest absolute Gasteiger partial charge is 0.350 e. The molecule has 0 saturated carbocycles. The van der Waals surface area contributed by atoms with Gasteiger partial charge in [0, 0.05) is 54.4 Å². The number of carbonyl (C=O) groups is 1. The van der Waals surface area contributed by atoms with Gasteiger partial charge in [-0.1, -0.05) is 0 Å². The molecular formula is C22H24FN5O. The lowest BCUT2D eigenvalue weighted by atomic mass is 10.1. The predicted octanol–water partition coefficient (Wildman–Crippen LogP) is 3.37. The van der Waals surface area contributed by atoms with E-state index in [1.807, 2.05) is 18.0 Å². The summed E-state index contributed by atoms with van der Waals surface area (Å²) >= 11 is 0. The lowest BCUT2D eigenvalue weighted by molar-refractivity contribution is 0.0723. The zero-order chi connectivity index (χ0) is 20.1. The van der Waals surface area contributed by atoms with E-state index in [-0.39, 0.29) is 17.8 Å². The summed E-state index contributed by atoms with van der Waals surface area (Å²) in [6.07, 6.45) is 4.62. The van der Waals surface area contributed by atoms with Crippen molar-refractivity contribution in [2.45, 2.75) is 38.8 Å². The molecule has 1 fully saturated rings. The highest BCUT2D eigenvalue weighted by Crippen LogP contribution is 2.33.